The SMILES string of the molecule is CCOc1cc(/C=N\NC(=O)Cc2ccc(Br)cc2)cc(Br)c1OCc1ccc(C#N)cc1. The molecule has 0 saturated carbocycles. The number of nitriles is 1. The highest BCUT2D eigenvalue weighted by atomic mass is 79.9. The number of ether oxygens (including phenoxy) is 2. The lowest BCUT2D eigenvalue weighted by Gasteiger charge is -2.14. The minimum Gasteiger partial charge on any atom is -0.490 e. The Morgan fingerprint density at radius 3 is 2.42 bits per heavy atom. The number of nitrogens with one attached hydrogen (secondary N) is 1. The molecule has 1 amide bonds. The smallest absolute Gasteiger partial charge is 0.244 e. The zero-order chi connectivity index (χ0) is 23.6. The van der Waals surface area contributed by atoms with Crippen molar-refractivity contribution in [3.8, 4) is 17.6 Å². The quantitative estimate of drug-likeness (QED) is 0.262. The predicted octanol–water partition coefficient (Wildman–Crippen LogP) is 5.75. The molecule has 1 N–H and O–H groups in total. The van der Waals surface area contributed by atoms with Gasteiger partial charge in [0.05, 0.1) is 35.3 Å². The molecule has 0 saturated heterocycles. The van der Waals surface area contributed by atoms with Gasteiger partial charge in [0.25, 0.3) is 0 Å². The second-order valence-electron chi connectivity index (χ2n) is 6.96. The summed E-state index contributed by atoms with van der Waals surface area (Å²) in [6, 6.07) is 20.5. The van der Waals surface area contributed by atoms with Gasteiger partial charge in [-0.15, -0.1) is 0 Å². The van der Waals surface area contributed by atoms with Gasteiger partial charge in [-0.05, 0) is 75.9 Å². The van der Waals surface area contributed by atoms with Crippen LogP contribution in [-0.2, 0) is 17.8 Å². The van der Waals surface area contributed by atoms with E-state index in [1.165, 1.54) is 0 Å². The molecule has 0 aromatic heterocycles. The number of hydrazone groups is 1. The fourth-order valence-electron chi connectivity index (χ4n) is 2.90. The standard InChI is InChI=1S/C25H21Br2N3O3/c1-2-32-23-12-20(15-29-30-24(31)13-17-7-9-21(26)10-8-17)11-22(27)25(23)33-16-19-5-3-18(14-28)4-6-19/h3-12,15H,2,13,16H2,1H3,(H,30,31)/b29-15-. The van der Waals surface area contributed by atoms with Crippen molar-refractivity contribution in [2.45, 2.75) is 20.0 Å². The van der Waals surface area contributed by atoms with Gasteiger partial charge < -0.3 is 9.47 Å². The third-order valence-corrected chi connectivity index (χ3v) is 5.60. The second-order valence-corrected chi connectivity index (χ2v) is 8.73. The molecule has 3 aromatic carbocycles. The summed E-state index contributed by atoms with van der Waals surface area (Å²) in [5, 5.41) is 13.0. The molecule has 0 aliphatic heterocycles. The van der Waals surface area contributed by atoms with Crippen LogP contribution < -0.4 is 14.9 Å². The largest absolute Gasteiger partial charge is 0.490 e. The lowest BCUT2D eigenvalue weighted by Crippen LogP contribution is -2.19. The molecule has 0 radical (unpaired) electrons. The predicted molar refractivity (Wildman–Crippen MR) is 134 cm³/mol. The van der Waals surface area contributed by atoms with Crippen molar-refractivity contribution < 1.29 is 14.3 Å². The Bertz CT molecular complexity index is 1170. The van der Waals surface area contributed by atoms with Gasteiger partial charge in [0.2, 0.25) is 5.91 Å². The minimum atomic E-state index is -0.208. The van der Waals surface area contributed by atoms with Gasteiger partial charge in [0.1, 0.15) is 6.61 Å². The molecular weight excluding hydrogens is 550 g/mol. The van der Waals surface area contributed by atoms with Crippen LogP contribution in [0.2, 0.25) is 0 Å². The van der Waals surface area contributed by atoms with Crippen molar-refractivity contribution >= 4 is 44.0 Å². The molecule has 3 aromatic rings. The Balaban J connectivity index is 1.65. The molecule has 0 aliphatic carbocycles. The molecule has 0 unspecified atom stereocenters. The number of carbonyl (C=O) groups excluding carboxylic acids is 1. The summed E-state index contributed by atoms with van der Waals surface area (Å²) in [5.74, 6) is 0.917. The van der Waals surface area contributed by atoms with Crippen LogP contribution in [0.15, 0.2) is 74.7 Å². The Morgan fingerprint density at radius 2 is 1.76 bits per heavy atom. The molecular formula is C25H21Br2N3O3. The van der Waals surface area contributed by atoms with Gasteiger partial charge in [-0.2, -0.15) is 10.4 Å². The molecule has 0 aliphatic rings. The minimum absolute atomic E-state index is 0.208. The summed E-state index contributed by atoms with van der Waals surface area (Å²) in [6.07, 6.45) is 1.79. The Kier molecular flexibility index (Phi) is 9.04. The average Bonchev–Trinajstić information content (AvgIpc) is 2.80. The van der Waals surface area contributed by atoms with Gasteiger partial charge in [-0.1, -0.05) is 40.2 Å². The molecule has 3 rings (SSSR count). The zero-order valence-corrected chi connectivity index (χ0v) is 21.0. The van der Waals surface area contributed by atoms with E-state index in [1.807, 2.05) is 49.4 Å². The molecule has 0 heterocycles. The van der Waals surface area contributed by atoms with Crippen LogP contribution in [0.1, 0.15) is 29.2 Å². The normalized spacial score (nSPS) is 10.6. The summed E-state index contributed by atoms with van der Waals surface area (Å²) in [5.41, 5.74) is 5.71. The number of nitrogens with zero attached hydrogens (tertiary/aromatic N) is 2. The summed E-state index contributed by atoms with van der Waals surface area (Å²) in [4.78, 5) is 12.1. The summed E-state index contributed by atoms with van der Waals surface area (Å²) >= 11 is 6.91. The van der Waals surface area contributed by atoms with Gasteiger partial charge in [0, 0.05) is 4.47 Å². The van der Waals surface area contributed by atoms with Gasteiger partial charge >= 0.3 is 0 Å². The molecule has 168 valence electrons. The first-order valence-electron chi connectivity index (χ1n) is 10.1. The lowest BCUT2D eigenvalue weighted by atomic mass is 10.1. The van der Waals surface area contributed by atoms with Gasteiger partial charge in [-0.25, -0.2) is 5.43 Å². The van der Waals surface area contributed by atoms with Crippen molar-refractivity contribution in [2.75, 3.05) is 6.61 Å². The van der Waals surface area contributed by atoms with E-state index in [0.717, 1.165) is 21.2 Å². The molecule has 0 fully saturated rings. The molecule has 33 heavy (non-hydrogen) atoms. The summed E-state index contributed by atoms with van der Waals surface area (Å²) in [6.45, 7) is 2.68. The Morgan fingerprint density at radius 1 is 1.06 bits per heavy atom. The molecule has 0 spiro atoms. The number of benzene rings is 3. The average molecular weight is 571 g/mol. The van der Waals surface area contributed by atoms with Crippen molar-refractivity contribution in [3.63, 3.8) is 0 Å². The van der Waals surface area contributed by atoms with Crippen molar-refractivity contribution in [1.82, 2.24) is 5.43 Å². The highest BCUT2D eigenvalue weighted by Gasteiger charge is 2.12. The maximum Gasteiger partial charge on any atom is 0.244 e. The van der Waals surface area contributed by atoms with Crippen LogP contribution in [0.3, 0.4) is 0 Å². The van der Waals surface area contributed by atoms with Crippen molar-refractivity contribution in [3.05, 3.63) is 91.9 Å². The first-order valence-corrected chi connectivity index (χ1v) is 11.7. The number of hydrogen-bond donors (Lipinski definition) is 1. The Labute approximate surface area is 209 Å². The topological polar surface area (TPSA) is 83.7 Å². The molecule has 6 nitrogen and oxygen atoms in total. The van der Waals surface area contributed by atoms with Gasteiger partial charge in [-0.3, -0.25) is 4.79 Å². The number of rotatable bonds is 9. The van der Waals surface area contributed by atoms with Crippen LogP contribution in [0, 0.1) is 11.3 Å². The van der Waals surface area contributed by atoms with Crippen LogP contribution in [0.25, 0.3) is 0 Å². The third-order valence-electron chi connectivity index (χ3n) is 4.48. The van der Waals surface area contributed by atoms with E-state index in [9.17, 15) is 4.79 Å². The zero-order valence-electron chi connectivity index (χ0n) is 17.8. The van der Waals surface area contributed by atoms with E-state index in [4.69, 9.17) is 14.7 Å². The first kappa shape index (κ1) is 24.5. The summed E-state index contributed by atoms with van der Waals surface area (Å²) < 4.78 is 13.4. The first-order chi connectivity index (χ1) is 16.0. The third kappa shape index (κ3) is 7.45. The number of amides is 1. The van der Waals surface area contributed by atoms with E-state index < -0.39 is 0 Å². The molecule has 8 heteroatoms. The monoisotopic (exact) mass is 569 g/mol. The highest BCUT2D eigenvalue weighted by Crippen LogP contribution is 2.37. The van der Waals surface area contributed by atoms with Crippen LogP contribution >= 0.6 is 31.9 Å². The van der Waals surface area contributed by atoms with Crippen LogP contribution in [0.4, 0.5) is 0 Å². The van der Waals surface area contributed by atoms with E-state index in [-0.39, 0.29) is 12.3 Å². The molecule has 0 bridgehead atoms. The fourth-order valence-corrected chi connectivity index (χ4v) is 3.74. The van der Waals surface area contributed by atoms with Crippen LogP contribution in [0.5, 0.6) is 11.5 Å². The van der Waals surface area contributed by atoms with E-state index >= 15 is 0 Å². The van der Waals surface area contributed by atoms with E-state index in [1.54, 1.807) is 24.4 Å². The molecule has 0 atom stereocenters. The van der Waals surface area contributed by atoms with Gasteiger partial charge in [0.15, 0.2) is 11.5 Å². The number of halogens is 2. The van der Waals surface area contributed by atoms with E-state index in [0.29, 0.717) is 34.7 Å². The highest BCUT2D eigenvalue weighted by molar-refractivity contribution is 9.10. The fraction of sp³-hybridized carbons (Fsp3) is 0.160. The lowest BCUT2D eigenvalue weighted by molar-refractivity contribution is -0.120. The van der Waals surface area contributed by atoms with Crippen LogP contribution in [-0.4, -0.2) is 18.7 Å². The number of hydrogen-bond acceptors (Lipinski definition) is 5. The maximum absolute atomic E-state index is 12.1. The second kappa shape index (κ2) is 12.2. The van der Waals surface area contributed by atoms with Crippen molar-refractivity contribution in [1.29, 1.82) is 5.26 Å². The number of carbonyl (C=O) groups is 1. The summed E-state index contributed by atoms with van der Waals surface area (Å²) in [7, 11) is 0. The maximum atomic E-state index is 12.1. The van der Waals surface area contributed by atoms with Crippen molar-refractivity contribution in [2.24, 2.45) is 5.10 Å². The Hall–Kier alpha value is -3.15. The van der Waals surface area contributed by atoms with E-state index in [2.05, 4.69) is 48.5 Å².